The van der Waals surface area contributed by atoms with E-state index >= 15 is 0 Å². The molecule has 0 amide bonds. The number of nitrogens with zero attached hydrogens (tertiary/aromatic N) is 1. The largest absolute Gasteiger partial charge is 0.492 e. The molecule has 1 aromatic carbocycles. The Morgan fingerprint density at radius 3 is 2.85 bits per heavy atom. The lowest BCUT2D eigenvalue weighted by Gasteiger charge is -2.06. The lowest BCUT2D eigenvalue weighted by atomic mass is 10.2. The monoisotopic (exact) mass is 239 g/mol. The normalized spacial score (nSPS) is 9.31. The van der Waals surface area contributed by atoms with Gasteiger partial charge in [-0.1, -0.05) is 6.92 Å². The third kappa shape index (κ3) is 2.74. The number of rotatable bonds is 3. The first kappa shape index (κ1) is 10.1. The summed E-state index contributed by atoms with van der Waals surface area (Å²) in [6, 6.07) is 7.37. The van der Waals surface area contributed by atoms with Gasteiger partial charge in [0.2, 0.25) is 0 Å². The second kappa shape index (κ2) is 4.88. The van der Waals surface area contributed by atoms with Crippen LogP contribution < -0.4 is 4.74 Å². The van der Waals surface area contributed by atoms with Crippen LogP contribution in [0, 0.1) is 11.3 Å². The molecule has 68 valence electrons. The third-order valence-corrected chi connectivity index (χ3v) is 2.14. The van der Waals surface area contributed by atoms with Crippen molar-refractivity contribution >= 4 is 15.9 Å². The summed E-state index contributed by atoms with van der Waals surface area (Å²) >= 11 is 3.34. The number of hydrogen-bond donors (Lipinski definition) is 0. The lowest BCUT2D eigenvalue weighted by molar-refractivity contribution is 0.315. The third-order valence-electron chi connectivity index (χ3n) is 1.52. The van der Waals surface area contributed by atoms with E-state index in [1.807, 2.05) is 0 Å². The average molecular weight is 240 g/mol. The van der Waals surface area contributed by atoms with Gasteiger partial charge in [-0.2, -0.15) is 5.26 Å². The van der Waals surface area contributed by atoms with E-state index in [0.29, 0.717) is 12.2 Å². The molecule has 0 aliphatic rings. The predicted octanol–water partition coefficient (Wildman–Crippen LogP) is 3.11. The van der Waals surface area contributed by atoms with Crippen LogP contribution in [0.15, 0.2) is 22.7 Å². The van der Waals surface area contributed by atoms with Crippen molar-refractivity contribution in [3.63, 3.8) is 0 Å². The molecule has 1 rings (SSSR count). The number of hydrogen-bond acceptors (Lipinski definition) is 2. The van der Waals surface area contributed by atoms with Gasteiger partial charge in [-0.15, -0.1) is 0 Å². The van der Waals surface area contributed by atoms with Crippen LogP contribution in [0.1, 0.15) is 18.9 Å². The molecule has 0 aromatic heterocycles. The molecule has 0 aliphatic carbocycles. The topological polar surface area (TPSA) is 33.0 Å². The van der Waals surface area contributed by atoms with E-state index in [1.54, 1.807) is 18.2 Å². The fourth-order valence-corrected chi connectivity index (χ4v) is 1.39. The second-order valence-electron chi connectivity index (χ2n) is 2.61. The van der Waals surface area contributed by atoms with Crippen LogP contribution in [0.5, 0.6) is 5.75 Å². The molecule has 0 radical (unpaired) electrons. The fourth-order valence-electron chi connectivity index (χ4n) is 0.899. The standard InChI is InChI=1S/C10H10BrNO/c1-2-5-13-10-4-3-8(7-12)6-9(10)11/h3-4,6H,2,5H2,1H3. The molecule has 0 unspecified atom stereocenters. The van der Waals surface area contributed by atoms with Crippen LogP contribution in [0.2, 0.25) is 0 Å². The molecular formula is C10H10BrNO. The Balaban J connectivity index is 2.81. The summed E-state index contributed by atoms with van der Waals surface area (Å²) in [6.07, 6.45) is 0.979. The first-order valence-electron chi connectivity index (χ1n) is 4.10. The summed E-state index contributed by atoms with van der Waals surface area (Å²) < 4.78 is 6.26. The molecule has 0 saturated heterocycles. The van der Waals surface area contributed by atoms with Crippen LogP contribution in [0.25, 0.3) is 0 Å². The van der Waals surface area contributed by atoms with Gasteiger partial charge in [-0.05, 0) is 40.5 Å². The minimum atomic E-state index is 0.635. The first-order valence-corrected chi connectivity index (χ1v) is 4.89. The number of benzene rings is 1. The first-order chi connectivity index (χ1) is 6.27. The molecule has 2 nitrogen and oxygen atoms in total. The van der Waals surface area contributed by atoms with Crippen molar-refractivity contribution in [2.45, 2.75) is 13.3 Å². The summed E-state index contributed by atoms with van der Waals surface area (Å²) in [5.74, 6) is 0.792. The lowest BCUT2D eigenvalue weighted by Crippen LogP contribution is -1.95. The highest BCUT2D eigenvalue weighted by molar-refractivity contribution is 9.10. The van der Waals surface area contributed by atoms with Crippen molar-refractivity contribution in [1.29, 1.82) is 5.26 Å². The molecular weight excluding hydrogens is 230 g/mol. The van der Waals surface area contributed by atoms with E-state index in [1.165, 1.54) is 0 Å². The molecule has 0 aliphatic heterocycles. The Labute approximate surface area is 86.3 Å². The summed E-state index contributed by atoms with van der Waals surface area (Å²) in [5, 5.41) is 8.62. The average Bonchev–Trinajstić information content (AvgIpc) is 2.16. The quantitative estimate of drug-likeness (QED) is 0.813. The van der Waals surface area contributed by atoms with E-state index in [-0.39, 0.29) is 0 Å². The van der Waals surface area contributed by atoms with E-state index in [2.05, 4.69) is 28.9 Å². The van der Waals surface area contributed by atoms with Gasteiger partial charge in [0.15, 0.2) is 0 Å². The maximum absolute atomic E-state index is 8.62. The molecule has 1 aromatic rings. The van der Waals surface area contributed by atoms with Gasteiger partial charge in [0.25, 0.3) is 0 Å². The van der Waals surface area contributed by atoms with Crippen molar-refractivity contribution in [2.24, 2.45) is 0 Å². The summed E-state index contributed by atoms with van der Waals surface area (Å²) in [5.41, 5.74) is 0.635. The highest BCUT2D eigenvalue weighted by atomic mass is 79.9. The minimum absolute atomic E-state index is 0.635. The van der Waals surface area contributed by atoms with Crippen LogP contribution in [-0.2, 0) is 0 Å². The van der Waals surface area contributed by atoms with E-state index in [4.69, 9.17) is 10.00 Å². The van der Waals surface area contributed by atoms with Gasteiger partial charge in [-0.3, -0.25) is 0 Å². The van der Waals surface area contributed by atoms with Crippen molar-refractivity contribution in [2.75, 3.05) is 6.61 Å². The number of nitriles is 1. The van der Waals surface area contributed by atoms with E-state index in [0.717, 1.165) is 16.6 Å². The molecule has 0 bridgehead atoms. The van der Waals surface area contributed by atoms with Gasteiger partial charge < -0.3 is 4.74 Å². The Bertz CT molecular complexity index is 330. The number of ether oxygens (including phenoxy) is 1. The Morgan fingerprint density at radius 1 is 1.54 bits per heavy atom. The molecule has 0 atom stereocenters. The second-order valence-corrected chi connectivity index (χ2v) is 3.46. The van der Waals surface area contributed by atoms with Gasteiger partial charge in [-0.25, -0.2) is 0 Å². The maximum atomic E-state index is 8.62. The van der Waals surface area contributed by atoms with Gasteiger partial charge in [0, 0.05) is 0 Å². The molecule has 3 heteroatoms. The molecule has 0 fully saturated rings. The number of halogens is 1. The zero-order valence-corrected chi connectivity index (χ0v) is 8.97. The Hall–Kier alpha value is -1.01. The molecule has 0 saturated carbocycles. The predicted molar refractivity (Wildman–Crippen MR) is 54.6 cm³/mol. The minimum Gasteiger partial charge on any atom is -0.492 e. The highest BCUT2D eigenvalue weighted by Crippen LogP contribution is 2.25. The SMILES string of the molecule is CCCOc1ccc(C#N)cc1Br. The van der Waals surface area contributed by atoms with Crippen molar-refractivity contribution in [1.82, 2.24) is 0 Å². The van der Waals surface area contributed by atoms with E-state index < -0.39 is 0 Å². The highest BCUT2D eigenvalue weighted by Gasteiger charge is 2.01. The van der Waals surface area contributed by atoms with Crippen LogP contribution in [-0.4, -0.2) is 6.61 Å². The van der Waals surface area contributed by atoms with Crippen LogP contribution in [0.3, 0.4) is 0 Å². The zero-order chi connectivity index (χ0) is 9.68. The van der Waals surface area contributed by atoms with Crippen molar-refractivity contribution in [3.05, 3.63) is 28.2 Å². The summed E-state index contributed by atoms with van der Waals surface area (Å²) in [6.45, 7) is 2.75. The van der Waals surface area contributed by atoms with Gasteiger partial charge in [0.1, 0.15) is 5.75 Å². The van der Waals surface area contributed by atoms with Crippen molar-refractivity contribution in [3.8, 4) is 11.8 Å². The zero-order valence-electron chi connectivity index (χ0n) is 7.38. The Morgan fingerprint density at radius 2 is 2.31 bits per heavy atom. The smallest absolute Gasteiger partial charge is 0.133 e. The van der Waals surface area contributed by atoms with Crippen LogP contribution in [0.4, 0.5) is 0 Å². The molecule has 0 N–H and O–H groups in total. The fraction of sp³-hybridized carbons (Fsp3) is 0.300. The van der Waals surface area contributed by atoms with Crippen LogP contribution >= 0.6 is 15.9 Å². The summed E-state index contributed by atoms with van der Waals surface area (Å²) in [7, 11) is 0. The van der Waals surface area contributed by atoms with E-state index in [9.17, 15) is 0 Å². The molecule has 0 spiro atoms. The van der Waals surface area contributed by atoms with Gasteiger partial charge in [0.05, 0.1) is 22.7 Å². The molecule has 13 heavy (non-hydrogen) atoms. The Kier molecular flexibility index (Phi) is 3.78. The maximum Gasteiger partial charge on any atom is 0.133 e. The molecule has 0 heterocycles. The van der Waals surface area contributed by atoms with Crippen molar-refractivity contribution < 1.29 is 4.74 Å². The van der Waals surface area contributed by atoms with Gasteiger partial charge >= 0.3 is 0 Å². The summed E-state index contributed by atoms with van der Waals surface area (Å²) in [4.78, 5) is 0.